The summed E-state index contributed by atoms with van der Waals surface area (Å²) in [6.45, 7) is 25.4. The van der Waals surface area contributed by atoms with Gasteiger partial charge in [0.2, 0.25) is 5.91 Å². The highest BCUT2D eigenvalue weighted by Crippen LogP contribution is 2.57. The van der Waals surface area contributed by atoms with Crippen LogP contribution in [0, 0.1) is 5.41 Å². The summed E-state index contributed by atoms with van der Waals surface area (Å²) < 4.78 is 5.50. The minimum Gasteiger partial charge on any atom is -0.443 e. The van der Waals surface area contributed by atoms with Crippen molar-refractivity contribution in [2.24, 2.45) is 5.41 Å². The molecule has 2 rings (SSSR count). The molecule has 0 bridgehead atoms. The van der Waals surface area contributed by atoms with Gasteiger partial charge in [0.05, 0.1) is 19.1 Å². The highest BCUT2D eigenvalue weighted by atomic mass is 29.6. The van der Waals surface area contributed by atoms with E-state index in [4.69, 9.17) is 4.74 Å². The number of nitrogens with zero attached hydrogens (tertiary/aromatic N) is 1. The van der Waals surface area contributed by atoms with E-state index in [0.29, 0.717) is 6.54 Å². The van der Waals surface area contributed by atoms with Gasteiger partial charge in [0.25, 0.3) is 0 Å². The fraction of sp³-hybridized carbons (Fsp3) is 0.789. The highest BCUT2D eigenvalue weighted by molar-refractivity contribution is 7.71. The van der Waals surface area contributed by atoms with Crippen LogP contribution in [0.5, 0.6) is 0 Å². The van der Waals surface area contributed by atoms with Crippen LogP contribution in [0.25, 0.3) is 0 Å². The average Bonchev–Trinajstić information content (AvgIpc) is 2.77. The van der Waals surface area contributed by atoms with Gasteiger partial charge >= 0.3 is 6.09 Å². The number of carbonyl (C=O) groups is 2. The van der Waals surface area contributed by atoms with Crippen molar-refractivity contribution in [3.63, 3.8) is 0 Å². The first-order chi connectivity index (χ1) is 11.4. The number of ether oxygens (including phenoxy) is 1. The number of rotatable bonds is 2. The smallest absolute Gasteiger partial charge is 0.417 e. The van der Waals surface area contributed by atoms with Gasteiger partial charge in [0.15, 0.2) is 0 Å². The SMILES string of the molecule is CC1=C2CN(C(=O)OC(C)(C)C)C(=O)C2(C)C[Si]1([Si](C)(C)C)[Si](C)(C)C. The molecule has 0 radical (unpaired) electrons. The molecule has 0 saturated carbocycles. The molecule has 7 heteroatoms. The summed E-state index contributed by atoms with van der Waals surface area (Å²) in [6.07, 6.45) is -0.494. The van der Waals surface area contributed by atoms with Crippen molar-refractivity contribution in [3.8, 4) is 0 Å². The predicted molar refractivity (Wildman–Crippen MR) is 116 cm³/mol. The van der Waals surface area contributed by atoms with Crippen molar-refractivity contribution in [2.75, 3.05) is 6.54 Å². The van der Waals surface area contributed by atoms with Gasteiger partial charge in [0, 0.05) is 15.2 Å². The van der Waals surface area contributed by atoms with E-state index in [1.165, 1.54) is 15.7 Å². The Morgan fingerprint density at radius 2 is 1.58 bits per heavy atom. The van der Waals surface area contributed by atoms with Gasteiger partial charge in [0.1, 0.15) is 5.60 Å². The summed E-state index contributed by atoms with van der Waals surface area (Å²) >= 11 is 0. The Morgan fingerprint density at radius 3 is 1.92 bits per heavy atom. The maximum atomic E-state index is 13.4. The molecule has 0 aromatic heterocycles. The molecule has 2 heterocycles. The van der Waals surface area contributed by atoms with Gasteiger partial charge in [-0.2, -0.15) is 0 Å². The lowest BCUT2D eigenvalue weighted by atomic mass is 9.86. The highest BCUT2D eigenvalue weighted by Gasteiger charge is 2.67. The number of hydrogen-bond donors (Lipinski definition) is 0. The van der Waals surface area contributed by atoms with Gasteiger partial charge in [-0.3, -0.25) is 4.79 Å². The zero-order valence-electron chi connectivity index (χ0n) is 18.6. The summed E-state index contributed by atoms with van der Waals surface area (Å²) in [5.74, 6) is -0.0352. The van der Waals surface area contributed by atoms with Crippen molar-refractivity contribution in [2.45, 2.75) is 85.5 Å². The lowest BCUT2D eigenvalue weighted by Crippen LogP contribution is -2.72. The monoisotopic (exact) mass is 411 g/mol. The zero-order valence-corrected chi connectivity index (χ0v) is 21.6. The maximum absolute atomic E-state index is 13.4. The zero-order chi connectivity index (χ0) is 20.5. The van der Waals surface area contributed by atoms with Crippen molar-refractivity contribution < 1.29 is 14.3 Å². The van der Waals surface area contributed by atoms with Crippen LogP contribution in [-0.2, 0) is 9.53 Å². The molecule has 2 amide bonds. The largest absolute Gasteiger partial charge is 0.443 e. The van der Waals surface area contributed by atoms with Crippen molar-refractivity contribution in [1.82, 2.24) is 4.90 Å². The first kappa shape index (κ1) is 21.6. The average molecular weight is 412 g/mol. The summed E-state index contributed by atoms with van der Waals surface area (Å²) in [5, 5.41) is 1.54. The van der Waals surface area contributed by atoms with Crippen molar-refractivity contribution in [1.29, 1.82) is 0 Å². The van der Waals surface area contributed by atoms with Crippen LogP contribution in [0.4, 0.5) is 4.79 Å². The molecule has 0 N–H and O–H groups in total. The first-order valence-corrected chi connectivity index (χ1v) is 20.8. The fourth-order valence-electron chi connectivity index (χ4n) is 5.71. The Bertz CT molecular complexity index is 666. The van der Waals surface area contributed by atoms with Crippen molar-refractivity contribution >= 4 is 34.3 Å². The Labute approximate surface area is 162 Å². The number of amides is 2. The third-order valence-corrected chi connectivity index (χ3v) is 46.7. The Hall–Kier alpha value is -0.669. The van der Waals surface area contributed by atoms with Gasteiger partial charge in [-0.05, 0) is 46.2 Å². The molecule has 1 fully saturated rings. The molecule has 1 saturated heterocycles. The second-order valence-corrected chi connectivity index (χ2v) is 38.9. The third-order valence-electron chi connectivity index (χ3n) is 6.59. The molecular formula is C19H37NO3Si3. The molecule has 2 aliphatic heterocycles. The summed E-state index contributed by atoms with van der Waals surface area (Å²) in [5.41, 5.74) is 0.160. The molecule has 148 valence electrons. The van der Waals surface area contributed by atoms with Crippen molar-refractivity contribution in [3.05, 3.63) is 10.8 Å². The second-order valence-electron chi connectivity index (χ2n) is 11.4. The molecule has 0 spiro atoms. The number of allylic oxidation sites excluding steroid dienone is 1. The van der Waals surface area contributed by atoms with Crippen LogP contribution in [0.2, 0.25) is 45.3 Å². The second kappa shape index (κ2) is 5.91. The minimum atomic E-state index is -1.70. The van der Waals surface area contributed by atoms with Crippen LogP contribution in [0.3, 0.4) is 0 Å². The predicted octanol–water partition coefficient (Wildman–Crippen LogP) is 4.92. The standard InChI is InChI=1S/C19H37NO3Si3/c1-14-15-12-20(17(22)23-18(2,3)4)16(21)19(15,5)13-26(14,24(6,7)8)25(9,10)11/h12-13H2,1-11H3. The number of fused-ring (bicyclic) bond motifs is 1. The van der Waals surface area contributed by atoms with Gasteiger partial charge in [-0.25, -0.2) is 9.69 Å². The van der Waals surface area contributed by atoms with Crippen LogP contribution in [0.1, 0.15) is 34.6 Å². The summed E-state index contributed by atoms with van der Waals surface area (Å²) in [4.78, 5) is 27.3. The number of hydrogen-bond acceptors (Lipinski definition) is 3. The topological polar surface area (TPSA) is 46.6 Å². The lowest BCUT2D eigenvalue weighted by molar-refractivity contribution is -0.133. The third kappa shape index (κ3) is 2.99. The molecule has 4 nitrogen and oxygen atoms in total. The maximum Gasteiger partial charge on any atom is 0.417 e. The van der Waals surface area contributed by atoms with Crippen LogP contribution >= 0.6 is 0 Å². The van der Waals surface area contributed by atoms with Crippen LogP contribution in [0.15, 0.2) is 10.8 Å². The van der Waals surface area contributed by atoms with E-state index in [1.807, 2.05) is 20.8 Å². The van der Waals surface area contributed by atoms with E-state index in [2.05, 4.69) is 53.1 Å². The quantitative estimate of drug-likeness (QED) is 0.606. The van der Waals surface area contributed by atoms with Crippen LogP contribution < -0.4 is 0 Å². The summed E-state index contributed by atoms with van der Waals surface area (Å²) in [6, 6.07) is 1.00. The van der Waals surface area contributed by atoms with Gasteiger partial charge in [-0.15, -0.1) is 0 Å². The van der Waals surface area contributed by atoms with E-state index in [1.54, 1.807) is 0 Å². The van der Waals surface area contributed by atoms with E-state index >= 15 is 0 Å². The molecule has 1 unspecified atom stereocenters. The Balaban J connectivity index is 2.54. The van der Waals surface area contributed by atoms with Gasteiger partial charge in [-0.1, -0.05) is 44.5 Å². The molecule has 1 atom stereocenters. The molecule has 2 aliphatic rings. The fourth-order valence-corrected chi connectivity index (χ4v) is 53.8. The normalized spacial score (nSPS) is 26.4. The molecule has 26 heavy (non-hydrogen) atoms. The number of carbonyl (C=O) groups excluding carboxylic acids is 2. The molecule has 0 aromatic rings. The first-order valence-electron chi connectivity index (χ1n) is 9.64. The van der Waals surface area contributed by atoms with E-state index < -0.39 is 39.4 Å². The van der Waals surface area contributed by atoms with E-state index in [0.717, 1.165) is 6.04 Å². The minimum absolute atomic E-state index is 0.0352. The van der Waals surface area contributed by atoms with Crippen LogP contribution in [-0.4, -0.2) is 51.3 Å². The molecular weight excluding hydrogens is 374 g/mol. The van der Waals surface area contributed by atoms with Gasteiger partial charge < -0.3 is 4.74 Å². The summed E-state index contributed by atoms with van der Waals surface area (Å²) in [7, 11) is -4.60. The Kier molecular flexibility index (Phi) is 4.92. The van der Waals surface area contributed by atoms with E-state index in [-0.39, 0.29) is 5.91 Å². The lowest BCUT2D eigenvalue weighted by Gasteiger charge is -2.50. The van der Waals surface area contributed by atoms with E-state index in [9.17, 15) is 9.59 Å². The number of imide groups is 1. The molecule has 0 aliphatic carbocycles. The molecule has 0 aromatic carbocycles. The Morgan fingerprint density at radius 1 is 1.12 bits per heavy atom. The number of likely N-dealkylation sites (tertiary alicyclic amines) is 1.